The van der Waals surface area contributed by atoms with Gasteiger partial charge in [0.05, 0.1) is 26.4 Å². The summed E-state index contributed by atoms with van der Waals surface area (Å²) in [5.41, 5.74) is 0. The number of aliphatic hydroxyl groups is 1. The van der Waals surface area contributed by atoms with Crippen molar-refractivity contribution >= 4 is 39.5 Å². The lowest BCUT2D eigenvalue weighted by atomic mass is 9.99. The van der Waals surface area contributed by atoms with Crippen molar-refractivity contribution in [3.8, 4) is 0 Å². The molecule has 0 radical (unpaired) electrons. The maximum absolute atomic E-state index is 13.1. The highest BCUT2D eigenvalue weighted by Gasteiger charge is 2.30. The number of aliphatic hydroxyl groups excluding tert-OH is 1. The van der Waals surface area contributed by atoms with Crippen LogP contribution >= 0.6 is 15.6 Å². The second kappa shape index (κ2) is 75.9. The van der Waals surface area contributed by atoms with Crippen molar-refractivity contribution in [3.05, 3.63) is 0 Å². The molecule has 3 N–H and O–H groups in total. The molecule has 3 unspecified atom stereocenters. The van der Waals surface area contributed by atoms with Crippen LogP contribution in [0.4, 0.5) is 0 Å². The van der Waals surface area contributed by atoms with Crippen LogP contribution in [0.25, 0.3) is 0 Å². The van der Waals surface area contributed by atoms with E-state index in [4.69, 9.17) is 37.0 Å². The average molecular weight is 1490 g/mol. The molecule has 0 fully saturated rings. The van der Waals surface area contributed by atoms with Gasteiger partial charge in [0.15, 0.2) is 12.2 Å². The van der Waals surface area contributed by atoms with Gasteiger partial charge in [-0.15, -0.1) is 0 Å². The molecule has 0 rings (SSSR count). The van der Waals surface area contributed by atoms with Crippen LogP contribution in [0.15, 0.2) is 0 Å². The van der Waals surface area contributed by atoms with Crippen molar-refractivity contribution in [2.24, 2.45) is 5.92 Å². The number of phosphoric ester groups is 2. The van der Waals surface area contributed by atoms with E-state index >= 15 is 0 Å². The van der Waals surface area contributed by atoms with Gasteiger partial charge >= 0.3 is 39.5 Å². The Balaban J connectivity index is 5.21. The second-order valence-corrected chi connectivity index (χ2v) is 33.0. The number of carbonyl (C=O) groups excluding carboxylic acids is 4. The van der Waals surface area contributed by atoms with Crippen LogP contribution < -0.4 is 0 Å². The Morgan fingerprint density at radius 3 is 0.696 bits per heavy atom. The van der Waals surface area contributed by atoms with E-state index < -0.39 is 97.5 Å². The first kappa shape index (κ1) is 100. The van der Waals surface area contributed by atoms with Gasteiger partial charge in [-0.3, -0.25) is 37.3 Å². The molecule has 102 heavy (non-hydrogen) atoms. The van der Waals surface area contributed by atoms with Crippen molar-refractivity contribution in [2.45, 2.75) is 464 Å². The van der Waals surface area contributed by atoms with Crippen molar-refractivity contribution in [3.63, 3.8) is 0 Å². The molecule has 19 heteroatoms. The molecule has 0 aliphatic rings. The Hall–Kier alpha value is -1.94. The lowest BCUT2D eigenvalue weighted by Gasteiger charge is -2.21. The molecule has 0 amide bonds. The molecule has 17 nitrogen and oxygen atoms in total. The maximum atomic E-state index is 13.1. The van der Waals surface area contributed by atoms with E-state index in [-0.39, 0.29) is 25.7 Å². The Morgan fingerprint density at radius 1 is 0.275 bits per heavy atom. The first-order chi connectivity index (χ1) is 49.6. The molecule has 0 saturated carbocycles. The smallest absolute Gasteiger partial charge is 0.462 e. The fourth-order valence-corrected chi connectivity index (χ4v) is 14.5. The molecule has 0 aliphatic carbocycles. The standard InChI is InChI=1S/C83H162O17P2/c1-6-10-13-16-19-22-24-26-28-29-30-31-32-34-40-44-49-54-59-64-69-83(88)100-79(73-94-81(86)67-62-57-52-47-42-38-36-35-37-41-46-50-55-60-65-76(5)9-4)75-98-102(91,92)96-71-77(84)70-95-101(89,90)97-74-78(72-93-80(85)66-61-56-51-45-21-18-15-12-8-3)99-82(87)68-63-58-53-48-43-39-33-27-25-23-20-17-14-11-7-2/h76-79,84H,6-75H2,1-5H3,(H,89,90)(H,91,92)/t76?,77-,78+,79+/m0/s1. The zero-order valence-corrected chi connectivity index (χ0v) is 68.5. The number of carbonyl (C=O) groups is 4. The lowest BCUT2D eigenvalue weighted by Crippen LogP contribution is -2.30. The molecule has 0 aromatic heterocycles. The van der Waals surface area contributed by atoms with E-state index in [1.165, 1.54) is 270 Å². The molecule has 0 spiro atoms. The van der Waals surface area contributed by atoms with E-state index in [1.807, 2.05) is 0 Å². The third-order valence-electron chi connectivity index (χ3n) is 19.9. The first-order valence-electron chi connectivity index (χ1n) is 43.2. The summed E-state index contributed by atoms with van der Waals surface area (Å²) < 4.78 is 68.8. The summed E-state index contributed by atoms with van der Waals surface area (Å²) in [4.78, 5) is 73.1. The summed E-state index contributed by atoms with van der Waals surface area (Å²) in [6.07, 6.45) is 67.9. The van der Waals surface area contributed by atoms with Crippen molar-refractivity contribution < 1.29 is 80.2 Å². The summed E-state index contributed by atoms with van der Waals surface area (Å²) in [5.74, 6) is -1.25. The minimum absolute atomic E-state index is 0.109. The Morgan fingerprint density at radius 2 is 0.471 bits per heavy atom. The average Bonchev–Trinajstić information content (AvgIpc) is 1.04. The molecule has 6 atom stereocenters. The van der Waals surface area contributed by atoms with Gasteiger partial charge in [-0.05, 0) is 31.6 Å². The minimum atomic E-state index is -4.96. The topological polar surface area (TPSA) is 237 Å². The van der Waals surface area contributed by atoms with Crippen LogP contribution in [0.1, 0.15) is 446 Å². The predicted octanol–water partition coefficient (Wildman–Crippen LogP) is 25.2. The Labute approximate surface area is 626 Å². The van der Waals surface area contributed by atoms with Crippen LogP contribution in [0.5, 0.6) is 0 Å². The summed E-state index contributed by atoms with van der Waals surface area (Å²) in [6.45, 7) is 7.39. The quantitative estimate of drug-likeness (QED) is 0.0222. The largest absolute Gasteiger partial charge is 0.472 e. The zero-order chi connectivity index (χ0) is 74.8. The molecule has 0 bridgehead atoms. The summed E-state index contributed by atoms with van der Waals surface area (Å²) in [5, 5.41) is 10.6. The summed E-state index contributed by atoms with van der Waals surface area (Å²) >= 11 is 0. The van der Waals surface area contributed by atoms with Crippen LogP contribution in [0.2, 0.25) is 0 Å². The maximum Gasteiger partial charge on any atom is 0.472 e. The number of esters is 4. The SMILES string of the molecule is CCCCCCCCCCCCCCCCCCCCCCC(=O)O[C@H](COC(=O)CCCCCCCCCCCCCCCCC(C)CC)COP(=O)(O)OC[C@@H](O)COP(=O)(O)OC[C@@H](COC(=O)CCCCCCCCCCC)OC(=O)CCCCCCCCCCCCCCCCC. The van der Waals surface area contributed by atoms with Crippen molar-refractivity contribution in [1.82, 2.24) is 0 Å². The van der Waals surface area contributed by atoms with Gasteiger partial charge < -0.3 is 33.8 Å². The van der Waals surface area contributed by atoms with Crippen molar-refractivity contribution in [1.29, 1.82) is 0 Å². The van der Waals surface area contributed by atoms with E-state index in [2.05, 4.69) is 34.6 Å². The van der Waals surface area contributed by atoms with Crippen LogP contribution in [0, 0.1) is 5.92 Å². The van der Waals surface area contributed by atoms with E-state index in [0.717, 1.165) is 95.8 Å². The lowest BCUT2D eigenvalue weighted by molar-refractivity contribution is -0.161. The Kier molecular flexibility index (Phi) is 74.4. The number of hydrogen-bond donors (Lipinski definition) is 3. The number of phosphoric acid groups is 2. The number of hydrogen-bond acceptors (Lipinski definition) is 15. The normalized spacial score (nSPS) is 14.1. The van der Waals surface area contributed by atoms with Gasteiger partial charge in [-0.25, -0.2) is 9.13 Å². The van der Waals surface area contributed by atoms with E-state index in [9.17, 15) is 43.2 Å². The van der Waals surface area contributed by atoms with Crippen LogP contribution in [0.3, 0.4) is 0 Å². The molecule has 0 aliphatic heterocycles. The summed E-state index contributed by atoms with van der Waals surface area (Å²) in [7, 11) is -9.92. The predicted molar refractivity (Wildman–Crippen MR) is 418 cm³/mol. The number of ether oxygens (including phenoxy) is 4. The fourth-order valence-electron chi connectivity index (χ4n) is 12.9. The molecule has 0 heterocycles. The number of rotatable bonds is 83. The molecular weight excluding hydrogens is 1330 g/mol. The molecule has 0 aromatic rings. The van der Waals surface area contributed by atoms with Crippen LogP contribution in [-0.4, -0.2) is 96.7 Å². The number of unbranched alkanes of at least 4 members (excludes halogenated alkanes) is 54. The van der Waals surface area contributed by atoms with Gasteiger partial charge in [0.2, 0.25) is 0 Å². The van der Waals surface area contributed by atoms with E-state index in [0.29, 0.717) is 25.7 Å². The van der Waals surface area contributed by atoms with Gasteiger partial charge in [0, 0.05) is 25.7 Å². The van der Waals surface area contributed by atoms with Gasteiger partial charge in [0.25, 0.3) is 0 Å². The molecule has 0 aromatic carbocycles. The minimum Gasteiger partial charge on any atom is -0.462 e. The highest BCUT2D eigenvalue weighted by atomic mass is 31.2. The zero-order valence-electron chi connectivity index (χ0n) is 66.8. The van der Waals surface area contributed by atoms with Gasteiger partial charge in [-0.2, -0.15) is 0 Å². The Bertz CT molecular complexity index is 1950. The third-order valence-corrected chi connectivity index (χ3v) is 21.8. The molecular formula is C83H162O17P2. The van der Waals surface area contributed by atoms with Crippen LogP contribution in [-0.2, 0) is 65.4 Å². The summed E-state index contributed by atoms with van der Waals surface area (Å²) in [6, 6.07) is 0. The third kappa shape index (κ3) is 74.9. The highest BCUT2D eigenvalue weighted by Crippen LogP contribution is 2.45. The fraction of sp³-hybridized carbons (Fsp3) is 0.952. The second-order valence-electron chi connectivity index (χ2n) is 30.1. The molecule has 0 saturated heterocycles. The molecule has 606 valence electrons. The highest BCUT2D eigenvalue weighted by molar-refractivity contribution is 7.47. The van der Waals surface area contributed by atoms with Crippen molar-refractivity contribution in [2.75, 3.05) is 39.6 Å². The van der Waals surface area contributed by atoms with Gasteiger partial charge in [0.1, 0.15) is 19.3 Å². The monoisotopic (exact) mass is 1490 g/mol. The first-order valence-corrected chi connectivity index (χ1v) is 46.2. The van der Waals surface area contributed by atoms with E-state index in [1.54, 1.807) is 0 Å². The van der Waals surface area contributed by atoms with Gasteiger partial charge in [-0.1, -0.05) is 394 Å².